The molecule has 34 heavy (non-hydrogen) atoms. The molecule has 0 fully saturated rings. The van der Waals surface area contributed by atoms with E-state index in [4.69, 9.17) is 21.7 Å². The number of hydrogen-bond acceptors (Lipinski definition) is 4. The minimum Gasteiger partial charge on any atom is -0.493 e. The SMILES string of the molecule is CCOc1ccc(C2NC(=S)NC(c3ccccc3)=C2C(=O)Nc2ccc(C)cc2)cc1OC. The van der Waals surface area contributed by atoms with E-state index in [1.54, 1.807) is 7.11 Å². The van der Waals surface area contributed by atoms with Crippen molar-refractivity contribution >= 4 is 34.6 Å². The third-order valence-electron chi connectivity index (χ3n) is 5.51. The van der Waals surface area contributed by atoms with Crippen LogP contribution in [-0.4, -0.2) is 24.7 Å². The summed E-state index contributed by atoms with van der Waals surface area (Å²) >= 11 is 5.53. The summed E-state index contributed by atoms with van der Waals surface area (Å²) < 4.78 is 11.2. The number of rotatable bonds is 7. The highest BCUT2D eigenvalue weighted by atomic mass is 32.1. The first-order valence-corrected chi connectivity index (χ1v) is 11.5. The van der Waals surface area contributed by atoms with Gasteiger partial charge in [0.25, 0.3) is 5.91 Å². The topological polar surface area (TPSA) is 71.6 Å². The maximum absolute atomic E-state index is 13.7. The number of anilines is 1. The molecule has 1 amide bonds. The number of thiocarbonyl (C=S) groups is 1. The highest BCUT2D eigenvalue weighted by molar-refractivity contribution is 7.80. The van der Waals surface area contributed by atoms with Gasteiger partial charge in [0.15, 0.2) is 16.6 Å². The number of nitrogens with one attached hydrogen (secondary N) is 3. The van der Waals surface area contributed by atoms with E-state index in [0.717, 1.165) is 16.7 Å². The van der Waals surface area contributed by atoms with Crippen molar-refractivity contribution in [3.05, 3.63) is 95.1 Å². The predicted octanol–water partition coefficient (Wildman–Crippen LogP) is 4.97. The number of carbonyl (C=O) groups is 1. The van der Waals surface area contributed by atoms with Crippen LogP contribution in [0.5, 0.6) is 11.5 Å². The van der Waals surface area contributed by atoms with E-state index in [0.29, 0.717) is 40.2 Å². The van der Waals surface area contributed by atoms with E-state index in [-0.39, 0.29) is 5.91 Å². The Kier molecular flexibility index (Phi) is 7.13. The summed E-state index contributed by atoms with van der Waals surface area (Å²) in [6, 6.07) is 22.5. The molecular weight excluding hydrogens is 446 g/mol. The van der Waals surface area contributed by atoms with Gasteiger partial charge < -0.3 is 25.4 Å². The molecule has 3 aromatic carbocycles. The smallest absolute Gasteiger partial charge is 0.256 e. The van der Waals surface area contributed by atoms with Gasteiger partial charge in [-0.3, -0.25) is 4.79 Å². The second kappa shape index (κ2) is 10.4. The lowest BCUT2D eigenvalue weighted by atomic mass is 9.91. The molecule has 1 heterocycles. The van der Waals surface area contributed by atoms with Crippen molar-refractivity contribution < 1.29 is 14.3 Å². The van der Waals surface area contributed by atoms with Crippen molar-refractivity contribution in [3.8, 4) is 11.5 Å². The number of carbonyl (C=O) groups excluding carboxylic acids is 1. The maximum atomic E-state index is 13.7. The van der Waals surface area contributed by atoms with Crippen LogP contribution >= 0.6 is 12.2 Å². The van der Waals surface area contributed by atoms with Crippen molar-refractivity contribution in [2.24, 2.45) is 0 Å². The van der Waals surface area contributed by atoms with Crippen LogP contribution in [0.15, 0.2) is 78.4 Å². The zero-order valence-electron chi connectivity index (χ0n) is 19.3. The zero-order chi connectivity index (χ0) is 24.1. The van der Waals surface area contributed by atoms with Gasteiger partial charge in [0.05, 0.1) is 31.0 Å². The Morgan fingerprint density at radius 2 is 1.76 bits per heavy atom. The molecule has 0 saturated carbocycles. The van der Waals surface area contributed by atoms with Crippen LogP contribution in [0.3, 0.4) is 0 Å². The molecule has 1 aliphatic heterocycles. The van der Waals surface area contributed by atoms with Crippen molar-refractivity contribution in [1.29, 1.82) is 0 Å². The van der Waals surface area contributed by atoms with Crippen LogP contribution in [0, 0.1) is 6.92 Å². The highest BCUT2D eigenvalue weighted by Gasteiger charge is 2.32. The van der Waals surface area contributed by atoms with Crippen molar-refractivity contribution in [2.45, 2.75) is 19.9 Å². The maximum Gasteiger partial charge on any atom is 0.256 e. The lowest BCUT2D eigenvalue weighted by molar-refractivity contribution is -0.113. The third-order valence-corrected chi connectivity index (χ3v) is 5.73. The van der Waals surface area contributed by atoms with Crippen molar-refractivity contribution in [2.75, 3.05) is 19.0 Å². The molecule has 0 aromatic heterocycles. The Hall–Kier alpha value is -3.84. The molecule has 1 atom stereocenters. The van der Waals surface area contributed by atoms with E-state index in [9.17, 15) is 4.79 Å². The van der Waals surface area contributed by atoms with Gasteiger partial charge in [-0.1, -0.05) is 54.1 Å². The summed E-state index contributed by atoms with van der Waals surface area (Å²) in [4.78, 5) is 13.7. The standard InChI is InChI=1S/C27H27N3O3S/c1-4-33-21-15-12-19(16-22(21)32-3)25-23(26(31)28-20-13-10-17(2)11-14-20)24(29-27(34)30-25)18-8-6-5-7-9-18/h5-16,25H,4H2,1-3H3,(H,28,31)(H2,29,30,34). The van der Waals surface area contributed by atoms with E-state index >= 15 is 0 Å². The van der Waals surface area contributed by atoms with E-state index in [1.165, 1.54) is 0 Å². The highest BCUT2D eigenvalue weighted by Crippen LogP contribution is 2.36. The number of benzene rings is 3. The quantitative estimate of drug-likeness (QED) is 0.421. The molecule has 3 N–H and O–H groups in total. The van der Waals surface area contributed by atoms with Crippen LogP contribution in [0.4, 0.5) is 5.69 Å². The lowest BCUT2D eigenvalue weighted by Crippen LogP contribution is -2.45. The first-order chi connectivity index (χ1) is 16.5. The fourth-order valence-corrected chi connectivity index (χ4v) is 4.09. The Labute approximate surface area is 205 Å². The number of amides is 1. The number of aryl methyl sites for hydroxylation is 1. The molecule has 0 spiro atoms. The third kappa shape index (κ3) is 5.05. The minimum atomic E-state index is -0.501. The van der Waals surface area contributed by atoms with Gasteiger partial charge in [-0.15, -0.1) is 0 Å². The number of ether oxygens (including phenoxy) is 2. The van der Waals surface area contributed by atoms with Gasteiger partial charge in [0, 0.05) is 5.69 Å². The normalized spacial score (nSPS) is 15.3. The van der Waals surface area contributed by atoms with Gasteiger partial charge in [0.2, 0.25) is 0 Å². The predicted molar refractivity (Wildman–Crippen MR) is 139 cm³/mol. The Morgan fingerprint density at radius 3 is 2.44 bits per heavy atom. The Balaban J connectivity index is 1.82. The second-order valence-electron chi connectivity index (χ2n) is 7.85. The molecule has 6 nitrogen and oxygen atoms in total. The monoisotopic (exact) mass is 473 g/mol. The Morgan fingerprint density at radius 1 is 1.03 bits per heavy atom. The van der Waals surface area contributed by atoms with E-state index < -0.39 is 6.04 Å². The van der Waals surface area contributed by atoms with Gasteiger partial charge in [0.1, 0.15) is 0 Å². The van der Waals surface area contributed by atoms with Crippen LogP contribution in [-0.2, 0) is 4.79 Å². The van der Waals surface area contributed by atoms with Gasteiger partial charge in [-0.25, -0.2) is 0 Å². The van der Waals surface area contributed by atoms with Crippen LogP contribution in [0.1, 0.15) is 29.7 Å². The molecule has 0 radical (unpaired) electrons. The fourth-order valence-electron chi connectivity index (χ4n) is 3.87. The molecule has 174 valence electrons. The first-order valence-electron chi connectivity index (χ1n) is 11.1. The molecule has 0 bridgehead atoms. The molecule has 3 aromatic rings. The molecule has 0 aliphatic carbocycles. The zero-order valence-corrected chi connectivity index (χ0v) is 20.2. The molecule has 0 saturated heterocycles. The Bertz CT molecular complexity index is 1220. The lowest BCUT2D eigenvalue weighted by Gasteiger charge is -2.32. The van der Waals surface area contributed by atoms with Crippen molar-refractivity contribution in [1.82, 2.24) is 10.6 Å². The van der Waals surface area contributed by atoms with E-state index in [1.807, 2.05) is 86.6 Å². The molecule has 4 rings (SSSR count). The number of methoxy groups -OCH3 is 1. The van der Waals surface area contributed by atoms with Crippen LogP contribution < -0.4 is 25.4 Å². The molecular formula is C27H27N3O3S. The summed E-state index contributed by atoms with van der Waals surface area (Å²) in [6.07, 6.45) is 0. The summed E-state index contributed by atoms with van der Waals surface area (Å²) in [5.74, 6) is 0.997. The molecule has 1 unspecified atom stereocenters. The van der Waals surface area contributed by atoms with Gasteiger partial charge >= 0.3 is 0 Å². The summed E-state index contributed by atoms with van der Waals surface area (Å²) in [6.45, 7) is 4.45. The van der Waals surface area contributed by atoms with E-state index in [2.05, 4.69) is 16.0 Å². The molecule has 1 aliphatic rings. The number of hydrogen-bond donors (Lipinski definition) is 3. The van der Waals surface area contributed by atoms with Gasteiger partial charge in [-0.05, 0) is 61.5 Å². The summed E-state index contributed by atoms with van der Waals surface area (Å²) in [5, 5.41) is 9.94. The fraction of sp³-hybridized carbons (Fsp3) is 0.185. The average molecular weight is 474 g/mol. The van der Waals surface area contributed by atoms with Crippen LogP contribution in [0.2, 0.25) is 0 Å². The van der Waals surface area contributed by atoms with Crippen LogP contribution in [0.25, 0.3) is 5.70 Å². The first kappa shape index (κ1) is 23.3. The molecule has 7 heteroatoms. The van der Waals surface area contributed by atoms with Gasteiger partial charge in [-0.2, -0.15) is 0 Å². The largest absolute Gasteiger partial charge is 0.493 e. The summed E-state index contributed by atoms with van der Waals surface area (Å²) in [7, 11) is 1.60. The van der Waals surface area contributed by atoms with Crippen molar-refractivity contribution in [3.63, 3.8) is 0 Å². The second-order valence-corrected chi connectivity index (χ2v) is 8.26. The minimum absolute atomic E-state index is 0.233. The average Bonchev–Trinajstić information content (AvgIpc) is 2.85. The summed E-state index contributed by atoms with van der Waals surface area (Å²) in [5.41, 5.74) is 4.70.